The number of phenols is 2. The molecule has 0 bridgehead atoms. The number of para-hydroxylation sites is 1. The predicted octanol–water partition coefficient (Wildman–Crippen LogP) is 3.52. The summed E-state index contributed by atoms with van der Waals surface area (Å²) in [5.74, 6) is 1.15. The smallest absolute Gasteiger partial charge is 0.415 e. The van der Waals surface area contributed by atoms with Gasteiger partial charge < -0.3 is 35.0 Å². The number of rotatable bonds is 3. The molecule has 2 fully saturated rings. The number of piperazine rings is 2. The minimum Gasteiger partial charge on any atom is -0.508 e. The zero-order valence-corrected chi connectivity index (χ0v) is 19.7. The molecule has 8 nitrogen and oxygen atoms in total. The van der Waals surface area contributed by atoms with Crippen LogP contribution in [0.15, 0.2) is 78.9 Å². The summed E-state index contributed by atoms with van der Waals surface area (Å²) in [7, 11) is 0. The van der Waals surface area contributed by atoms with Gasteiger partial charge in [0.15, 0.2) is 0 Å². The number of amides is 1. The lowest BCUT2D eigenvalue weighted by molar-refractivity contribution is 0.149. The molecular weight excluding hydrogens is 444 g/mol. The number of hydrogen-bond acceptors (Lipinski definition) is 7. The number of benzene rings is 3. The van der Waals surface area contributed by atoms with Crippen LogP contribution in [0.4, 0.5) is 16.2 Å². The van der Waals surface area contributed by atoms with Crippen LogP contribution in [0.2, 0.25) is 0 Å². The molecule has 2 aliphatic rings. The average Bonchev–Trinajstić information content (AvgIpc) is 2.91. The zero-order chi connectivity index (χ0) is 24.5. The van der Waals surface area contributed by atoms with E-state index in [2.05, 4.69) is 15.1 Å². The summed E-state index contributed by atoms with van der Waals surface area (Å²) in [4.78, 5) is 18.3. The zero-order valence-electron chi connectivity index (χ0n) is 19.7. The third kappa shape index (κ3) is 7.04. The molecule has 0 spiro atoms. The number of anilines is 2. The van der Waals surface area contributed by atoms with Gasteiger partial charge in [-0.15, -0.1) is 0 Å². The molecule has 2 aliphatic heterocycles. The highest BCUT2D eigenvalue weighted by Gasteiger charge is 2.22. The van der Waals surface area contributed by atoms with Crippen molar-refractivity contribution in [1.82, 2.24) is 10.2 Å². The summed E-state index contributed by atoms with van der Waals surface area (Å²) in [6.07, 6.45) is -0.309. The molecule has 2 saturated heterocycles. The van der Waals surface area contributed by atoms with E-state index >= 15 is 0 Å². The molecule has 3 N–H and O–H groups in total. The monoisotopic (exact) mass is 476 g/mol. The molecule has 3 aromatic rings. The maximum Gasteiger partial charge on any atom is 0.415 e. The molecule has 0 saturated carbocycles. The van der Waals surface area contributed by atoms with E-state index in [1.54, 1.807) is 41.3 Å². The summed E-state index contributed by atoms with van der Waals surface area (Å²) in [6.45, 7) is 6.90. The van der Waals surface area contributed by atoms with Crippen molar-refractivity contribution in [3.8, 4) is 17.2 Å². The number of aromatic hydroxyl groups is 2. The second kappa shape index (κ2) is 12.0. The summed E-state index contributed by atoms with van der Waals surface area (Å²) in [6, 6.07) is 23.6. The van der Waals surface area contributed by atoms with Crippen LogP contribution in [-0.4, -0.2) is 73.6 Å². The van der Waals surface area contributed by atoms with E-state index in [1.165, 1.54) is 5.69 Å². The number of carbonyl (C=O) groups is 1. The van der Waals surface area contributed by atoms with E-state index in [9.17, 15) is 9.90 Å². The van der Waals surface area contributed by atoms with Crippen LogP contribution >= 0.6 is 0 Å². The summed E-state index contributed by atoms with van der Waals surface area (Å²) >= 11 is 0. The Balaban J connectivity index is 0.000000189. The number of nitrogens with zero attached hydrogens (tertiary/aromatic N) is 3. The van der Waals surface area contributed by atoms with Gasteiger partial charge >= 0.3 is 6.09 Å². The fourth-order valence-corrected chi connectivity index (χ4v) is 4.05. The van der Waals surface area contributed by atoms with Crippen molar-refractivity contribution in [1.29, 1.82) is 0 Å². The van der Waals surface area contributed by atoms with Gasteiger partial charge in [-0.3, -0.25) is 0 Å². The van der Waals surface area contributed by atoms with Gasteiger partial charge in [0.2, 0.25) is 0 Å². The average molecular weight is 477 g/mol. The van der Waals surface area contributed by atoms with Crippen molar-refractivity contribution in [2.45, 2.75) is 0 Å². The molecule has 3 aromatic carbocycles. The largest absolute Gasteiger partial charge is 0.508 e. The molecule has 0 aromatic heterocycles. The number of hydrogen-bond donors (Lipinski definition) is 3. The Hall–Kier alpha value is -3.91. The summed E-state index contributed by atoms with van der Waals surface area (Å²) < 4.78 is 5.35. The van der Waals surface area contributed by atoms with E-state index in [0.717, 1.165) is 45.0 Å². The fraction of sp³-hybridized carbons (Fsp3) is 0.296. The van der Waals surface area contributed by atoms with E-state index < -0.39 is 0 Å². The minimum absolute atomic E-state index is 0.258. The van der Waals surface area contributed by atoms with Crippen LogP contribution in [0, 0.1) is 0 Å². The second-order valence-corrected chi connectivity index (χ2v) is 8.42. The van der Waals surface area contributed by atoms with Gasteiger partial charge in [0.05, 0.1) is 0 Å². The molecule has 5 rings (SSSR count). The van der Waals surface area contributed by atoms with Crippen molar-refractivity contribution >= 4 is 17.5 Å². The number of carbonyl (C=O) groups excluding carboxylic acids is 1. The van der Waals surface area contributed by atoms with Gasteiger partial charge in [0, 0.05) is 63.7 Å². The lowest BCUT2D eigenvalue weighted by atomic mass is 10.2. The highest BCUT2D eigenvalue weighted by atomic mass is 16.6. The predicted molar refractivity (Wildman–Crippen MR) is 138 cm³/mol. The Morgan fingerprint density at radius 3 is 1.66 bits per heavy atom. The number of ether oxygens (including phenoxy) is 1. The lowest BCUT2D eigenvalue weighted by Crippen LogP contribution is -2.49. The van der Waals surface area contributed by atoms with Gasteiger partial charge in [-0.1, -0.05) is 18.2 Å². The van der Waals surface area contributed by atoms with Crippen LogP contribution in [-0.2, 0) is 0 Å². The van der Waals surface area contributed by atoms with Gasteiger partial charge in [-0.25, -0.2) is 4.79 Å². The Morgan fingerprint density at radius 2 is 1.14 bits per heavy atom. The first-order chi connectivity index (χ1) is 17.1. The Morgan fingerprint density at radius 1 is 0.657 bits per heavy atom. The molecule has 1 amide bonds. The standard InChI is InChI=1S/C17H18N2O3.C10H14N2O/c20-15-8-6-14(7-9-15)18-10-12-19(13-11-18)17(21)22-16-4-2-1-3-5-16;13-10-3-1-9(2-4-10)12-7-5-11-6-8-12/h1-9,20H,10-13H2;1-4,11,13H,5-8H2. The quantitative estimate of drug-likeness (QED) is 0.533. The first kappa shape index (κ1) is 24.2. The first-order valence-electron chi connectivity index (χ1n) is 11.9. The van der Waals surface area contributed by atoms with Crippen molar-refractivity contribution in [3.63, 3.8) is 0 Å². The van der Waals surface area contributed by atoms with Gasteiger partial charge in [0.25, 0.3) is 0 Å². The molecule has 35 heavy (non-hydrogen) atoms. The molecule has 2 heterocycles. The van der Waals surface area contributed by atoms with Crippen molar-refractivity contribution in [2.75, 3.05) is 62.2 Å². The van der Waals surface area contributed by atoms with Gasteiger partial charge in [-0.2, -0.15) is 0 Å². The molecule has 0 aliphatic carbocycles. The van der Waals surface area contributed by atoms with E-state index in [0.29, 0.717) is 24.6 Å². The normalized spacial score (nSPS) is 15.7. The highest BCUT2D eigenvalue weighted by molar-refractivity contribution is 5.71. The van der Waals surface area contributed by atoms with Gasteiger partial charge in [0.1, 0.15) is 17.2 Å². The van der Waals surface area contributed by atoms with Crippen LogP contribution in [0.25, 0.3) is 0 Å². The second-order valence-electron chi connectivity index (χ2n) is 8.42. The topological polar surface area (TPSA) is 88.5 Å². The van der Waals surface area contributed by atoms with Crippen LogP contribution in [0.3, 0.4) is 0 Å². The molecule has 184 valence electrons. The van der Waals surface area contributed by atoms with Crippen molar-refractivity contribution in [2.24, 2.45) is 0 Å². The molecule has 0 unspecified atom stereocenters. The van der Waals surface area contributed by atoms with E-state index in [1.807, 2.05) is 42.5 Å². The maximum absolute atomic E-state index is 12.1. The van der Waals surface area contributed by atoms with E-state index in [4.69, 9.17) is 9.84 Å². The van der Waals surface area contributed by atoms with Crippen LogP contribution < -0.4 is 19.9 Å². The number of nitrogens with one attached hydrogen (secondary N) is 1. The van der Waals surface area contributed by atoms with Gasteiger partial charge in [-0.05, 0) is 60.7 Å². The summed E-state index contributed by atoms with van der Waals surface area (Å²) in [5.41, 5.74) is 2.24. The SMILES string of the molecule is O=C(Oc1ccccc1)N1CCN(c2ccc(O)cc2)CC1.Oc1ccc(N2CCNCC2)cc1. The van der Waals surface area contributed by atoms with Crippen LogP contribution in [0.1, 0.15) is 0 Å². The Bertz CT molecular complexity index is 1050. The third-order valence-electron chi connectivity index (χ3n) is 6.03. The van der Waals surface area contributed by atoms with E-state index in [-0.39, 0.29) is 11.8 Å². The third-order valence-corrected chi connectivity index (χ3v) is 6.03. The fourth-order valence-electron chi connectivity index (χ4n) is 4.05. The van der Waals surface area contributed by atoms with Crippen molar-refractivity contribution in [3.05, 3.63) is 78.9 Å². The maximum atomic E-state index is 12.1. The molecule has 0 radical (unpaired) electrons. The molecule has 8 heteroatoms. The van der Waals surface area contributed by atoms with Crippen molar-refractivity contribution < 1.29 is 19.7 Å². The number of phenolic OH excluding ortho intramolecular Hbond substituents is 2. The highest BCUT2D eigenvalue weighted by Crippen LogP contribution is 2.21. The Labute approximate surface area is 206 Å². The minimum atomic E-state index is -0.309. The Kier molecular flexibility index (Phi) is 8.30. The first-order valence-corrected chi connectivity index (χ1v) is 11.9. The molecular formula is C27H32N4O4. The molecule has 0 atom stereocenters. The van der Waals surface area contributed by atoms with Crippen LogP contribution in [0.5, 0.6) is 17.2 Å². The summed E-state index contributed by atoms with van der Waals surface area (Å²) in [5, 5.41) is 21.8. The lowest BCUT2D eigenvalue weighted by Gasteiger charge is -2.35.